The van der Waals surface area contributed by atoms with Gasteiger partial charge in [-0.05, 0) is 49.4 Å². The van der Waals surface area contributed by atoms with Gasteiger partial charge in [0.1, 0.15) is 11.4 Å². The Labute approximate surface area is 150 Å². The smallest absolute Gasteiger partial charge is 0.169 e. The first-order valence-electron chi connectivity index (χ1n) is 10.4. The van der Waals surface area contributed by atoms with Crippen molar-refractivity contribution in [1.82, 2.24) is 0 Å². The first kappa shape index (κ1) is 15.6. The summed E-state index contributed by atoms with van der Waals surface area (Å²) in [5.74, 6) is 1.52. The van der Waals surface area contributed by atoms with Crippen LogP contribution in [0.1, 0.15) is 65.2 Å². The molecule has 6 fully saturated rings. The summed E-state index contributed by atoms with van der Waals surface area (Å²) < 4.78 is 18.7. The minimum absolute atomic E-state index is 0.0458. The van der Waals surface area contributed by atoms with E-state index < -0.39 is 0 Å². The van der Waals surface area contributed by atoms with Crippen molar-refractivity contribution in [1.29, 1.82) is 0 Å². The molecular weight excluding hydrogens is 316 g/mol. The molecule has 138 valence electrons. The van der Waals surface area contributed by atoms with Crippen LogP contribution in [0.2, 0.25) is 0 Å². The second kappa shape index (κ2) is 4.51. The van der Waals surface area contributed by atoms with Gasteiger partial charge in [0.25, 0.3) is 0 Å². The zero-order valence-corrected chi connectivity index (χ0v) is 15.5. The van der Waals surface area contributed by atoms with E-state index in [0.717, 1.165) is 51.7 Å². The molecule has 4 nitrogen and oxygen atoms in total. The number of Topliss-reactive ketones (excluding diaryl/α,β-unsaturated/α-hetero) is 1. The van der Waals surface area contributed by atoms with E-state index in [0.29, 0.717) is 23.7 Å². The van der Waals surface area contributed by atoms with E-state index in [1.54, 1.807) is 0 Å². The topological polar surface area (TPSA) is 48.1 Å². The molecule has 0 aromatic carbocycles. The van der Waals surface area contributed by atoms with Crippen LogP contribution in [0.4, 0.5) is 0 Å². The fourth-order valence-electron chi connectivity index (χ4n) is 8.24. The maximum Gasteiger partial charge on any atom is 0.169 e. The van der Waals surface area contributed by atoms with Gasteiger partial charge in [0.15, 0.2) is 5.79 Å². The molecule has 2 saturated heterocycles. The lowest BCUT2D eigenvalue weighted by molar-refractivity contribution is -0.234. The zero-order valence-electron chi connectivity index (χ0n) is 15.5. The molecule has 7 atom stereocenters. The first-order chi connectivity index (χ1) is 11.9. The normalized spacial score (nSPS) is 58.4. The lowest BCUT2D eigenvalue weighted by atomic mass is 9.44. The van der Waals surface area contributed by atoms with Crippen LogP contribution in [-0.4, -0.2) is 36.5 Å². The van der Waals surface area contributed by atoms with Crippen LogP contribution in [0.5, 0.6) is 0 Å². The summed E-state index contributed by atoms with van der Waals surface area (Å²) in [6.07, 6.45) is 8.82. The first-order valence-corrected chi connectivity index (χ1v) is 10.4. The van der Waals surface area contributed by atoms with Gasteiger partial charge in [-0.25, -0.2) is 0 Å². The highest BCUT2D eigenvalue weighted by Gasteiger charge is 2.78. The summed E-state index contributed by atoms with van der Waals surface area (Å²) in [6.45, 7) is 6.27. The van der Waals surface area contributed by atoms with E-state index in [4.69, 9.17) is 14.2 Å². The highest BCUT2D eigenvalue weighted by molar-refractivity contribution is 5.84. The highest BCUT2D eigenvalue weighted by atomic mass is 16.7. The van der Waals surface area contributed by atoms with Gasteiger partial charge >= 0.3 is 0 Å². The van der Waals surface area contributed by atoms with Gasteiger partial charge in [-0.15, -0.1) is 0 Å². The Kier molecular flexibility index (Phi) is 2.81. The van der Waals surface area contributed by atoms with Crippen molar-refractivity contribution in [2.75, 3.05) is 13.2 Å². The average Bonchev–Trinajstić information content (AvgIpc) is 2.95. The van der Waals surface area contributed by atoms with Crippen LogP contribution in [0.15, 0.2) is 0 Å². The van der Waals surface area contributed by atoms with E-state index in [2.05, 4.69) is 13.8 Å². The van der Waals surface area contributed by atoms with Crippen molar-refractivity contribution in [3.8, 4) is 0 Å². The number of carbonyl (C=O) groups excluding carboxylic acids is 1. The van der Waals surface area contributed by atoms with E-state index in [1.165, 1.54) is 12.8 Å². The molecule has 4 aliphatic carbocycles. The summed E-state index contributed by atoms with van der Waals surface area (Å²) in [5, 5.41) is 0. The third-order valence-electron chi connectivity index (χ3n) is 9.43. The molecule has 4 heteroatoms. The molecule has 7 unspecified atom stereocenters. The quantitative estimate of drug-likeness (QED) is 0.630. The molecule has 6 aliphatic rings. The number of epoxide rings is 1. The van der Waals surface area contributed by atoms with Gasteiger partial charge in [-0.1, -0.05) is 13.8 Å². The lowest BCUT2D eigenvalue weighted by Crippen LogP contribution is -2.61. The minimum atomic E-state index is -0.376. The van der Waals surface area contributed by atoms with Crippen LogP contribution < -0.4 is 0 Å². The van der Waals surface area contributed by atoms with Crippen LogP contribution in [0, 0.1) is 28.6 Å². The molecule has 2 spiro atoms. The summed E-state index contributed by atoms with van der Waals surface area (Å²) >= 11 is 0. The number of hydrogen-bond donors (Lipinski definition) is 0. The van der Waals surface area contributed by atoms with Gasteiger partial charge < -0.3 is 14.2 Å². The maximum atomic E-state index is 12.8. The number of ketones is 1. The van der Waals surface area contributed by atoms with Crippen molar-refractivity contribution >= 4 is 5.78 Å². The van der Waals surface area contributed by atoms with Crippen molar-refractivity contribution in [3.05, 3.63) is 0 Å². The Morgan fingerprint density at radius 1 is 1.04 bits per heavy atom. The van der Waals surface area contributed by atoms with Crippen LogP contribution >= 0.6 is 0 Å². The third kappa shape index (κ3) is 1.73. The van der Waals surface area contributed by atoms with Gasteiger partial charge in [-0.3, -0.25) is 4.79 Å². The fourth-order valence-corrected chi connectivity index (χ4v) is 8.24. The zero-order chi connectivity index (χ0) is 17.1. The second-order valence-corrected chi connectivity index (χ2v) is 10.3. The summed E-state index contributed by atoms with van der Waals surface area (Å²) in [6, 6.07) is 0. The number of hydrogen-bond acceptors (Lipinski definition) is 4. The molecule has 0 aromatic heterocycles. The van der Waals surface area contributed by atoms with Crippen molar-refractivity contribution < 1.29 is 19.0 Å². The Balaban J connectivity index is 1.40. The molecule has 2 aliphatic heterocycles. The maximum absolute atomic E-state index is 12.8. The van der Waals surface area contributed by atoms with Crippen molar-refractivity contribution in [2.45, 2.75) is 82.7 Å². The average molecular weight is 346 g/mol. The number of rotatable bonds is 0. The molecule has 4 saturated carbocycles. The van der Waals surface area contributed by atoms with Crippen molar-refractivity contribution in [3.63, 3.8) is 0 Å². The Bertz CT molecular complexity index is 640. The molecule has 0 bridgehead atoms. The number of ether oxygens (including phenoxy) is 3. The molecule has 0 radical (unpaired) electrons. The number of carbonyl (C=O) groups is 1. The summed E-state index contributed by atoms with van der Waals surface area (Å²) in [5.41, 5.74) is 0.383. The van der Waals surface area contributed by atoms with Gasteiger partial charge in [0, 0.05) is 30.6 Å². The Hall–Kier alpha value is -0.450. The van der Waals surface area contributed by atoms with E-state index in [-0.39, 0.29) is 28.1 Å². The highest BCUT2D eigenvalue weighted by Crippen LogP contribution is 2.74. The molecule has 0 aromatic rings. The largest absolute Gasteiger partial charge is 0.365 e. The van der Waals surface area contributed by atoms with E-state index >= 15 is 0 Å². The summed E-state index contributed by atoms with van der Waals surface area (Å²) in [4.78, 5) is 12.8. The molecule has 0 N–H and O–H groups in total. The lowest BCUT2D eigenvalue weighted by Gasteiger charge is -2.59. The second-order valence-electron chi connectivity index (χ2n) is 10.3. The van der Waals surface area contributed by atoms with E-state index in [9.17, 15) is 4.79 Å². The molecule has 6 rings (SSSR count). The number of fused-ring (bicyclic) bond motifs is 4. The summed E-state index contributed by atoms with van der Waals surface area (Å²) in [7, 11) is 0. The molecular formula is C21H30O4. The van der Waals surface area contributed by atoms with Crippen LogP contribution in [-0.2, 0) is 19.0 Å². The molecule has 2 heterocycles. The molecule has 25 heavy (non-hydrogen) atoms. The van der Waals surface area contributed by atoms with Crippen molar-refractivity contribution in [2.24, 2.45) is 28.6 Å². The predicted molar refractivity (Wildman–Crippen MR) is 90.9 cm³/mol. The SMILES string of the molecule is CC12CCC(=O)C1C1CC3OC34CCC3(CC4(C)C1CC2)OCCO3. The predicted octanol–water partition coefficient (Wildman–Crippen LogP) is 3.47. The Morgan fingerprint density at radius 2 is 1.84 bits per heavy atom. The van der Waals surface area contributed by atoms with E-state index in [1.807, 2.05) is 0 Å². The monoisotopic (exact) mass is 346 g/mol. The molecule has 0 amide bonds. The fraction of sp³-hybridized carbons (Fsp3) is 0.952. The van der Waals surface area contributed by atoms with Gasteiger partial charge in [0.05, 0.1) is 19.3 Å². The standard InChI is InChI=1S/C21H30O4/c1-18-5-3-14-13(17(18)15(22)4-6-18)11-16-21(25-16)8-7-20(12-19(14,21)2)23-9-10-24-20/h13-14,16-17H,3-12H2,1-2H3. The van der Waals surface area contributed by atoms with Crippen LogP contribution in [0.3, 0.4) is 0 Å². The van der Waals surface area contributed by atoms with Gasteiger partial charge in [0.2, 0.25) is 0 Å². The van der Waals surface area contributed by atoms with Crippen LogP contribution in [0.25, 0.3) is 0 Å². The third-order valence-corrected chi connectivity index (χ3v) is 9.43. The van der Waals surface area contributed by atoms with Gasteiger partial charge in [-0.2, -0.15) is 0 Å². The minimum Gasteiger partial charge on any atom is -0.365 e. The Morgan fingerprint density at radius 3 is 2.64 bits per heavy atom.